The van der Waals surface area contributed by atoms with Gasteiger partial charge in [-0.1, -0.05) is 13.3 Å². The molecule has 3 heteroatoms. The van der Waals surface area contributed by atoms with Crippen molar-refractivity contribution in [3.8, 4) is 0 Å². The van der Waals surface area contributed by atoms with Crippen LogP contribution in [-0.4, -0.2) is 18.5 Å². The molecule has 3 N–H and O–H groups in total. The van der Waals surface area contributed by atoms with Crippen LogP contribution in [0, 0.1) is 11.3 Å². The third kappa shape index (κ3) is 2.47. The molecule has 14 heavy (non-hydrogen) atoms. The van der Waals surface area contributed by atoms with Crippen molar-refractivity contribution in [1.29, 1.82) is 0 Å². The minimum atomic E-state index is -0.428. The molecule has 0 aromatic heterocycles. The van der Waals surface area contributed by atoms with Gasteiger partial charge in [0.25, 0.3) is 0 Å². The number of nitrogens with two attached hydrogens (primary N) is 1. The lowest BCUT2D eigenvalue weighted by molar-refractivity contribution is -0.129. The van der Waals surface area contributed by atoms with E-state index in [4.69, 9.17) is 5.73 Å². The fourth-order valence-electron chi connectivity index (χ4n) is 1.82. The molecule has 1 aliphatic rings. The fraction of sp³-hybridized carbons (Fsp3) is 0.909. The van der Waals surface area contributed by atoms with Gasteiger partial charge >= 0.3 is 0 Å². The molecule has 1 aliphatic carbocycles. The Hall–Kier alpha value is -0.570. The van der Waals surface area contributed by atoms with E-state index in [1.807, 2.05) is 13.8 Å². The molecule has 0 spiro atoms. The van der Waals surface area contributed by atoms with Crippen LogP contribution < -0.4 is 11.1 Å². The van der Waals surface area contributed by atoms with E-state index >= 15 is 0 Å². The van der Waals surface area contributed by atoms with E-state index in [2.05, 4.69) is 12.2 Å². The van der Waals surface area contributed by atoms with Gasteiger partial charge in [0.1, 0.15) is 0 Å². The Morgan fingerprint density at radius 3 is 2.57 bits per heavy atom. The predicted molar refractivity (Wildman–Crippen MR) is 57.8 cm³/mol. The lowest BCUT2D eigenvalue weighted by Crippen LogP contribution is -2.46. The van der Waals surface area contributed by atoms with Gasteiger partial charge in [-0.25, -0.2) is 0 Å². The highest BCUT2D eigenvalue weighted by Gasteiger charge is 2.31. The third-order valence-corrected chi connectivity index (χ3v) is 3.30. The number of hydrogen-bond acceptors (Lipinski definition) is 2. The van der Waals surface area contributed by atoms with Gasteiger partial charge in [0.15, 0.2) is 0 Å². The zero-order chi connectivity index (χ0) is 10.8. The van der Waals surface area contributed by atoms with Gasteiger partial charge in [-0.3, -0.25) is 4.79 Å². The molecule has 0 aromatic rings. The summed E-state index contributed by atoms with van der Waals surface area (Å²) in [5.41, 5.74) is 5.13. The summed E-state index contributed by atoms with van der Waals surface area (Å²) < 4.78 is 0. The number of rotatable bonds is 3. The van der Waals surface area contributed by atoms with Crippen molar-refractivity contribution < 1.29 is 4.79 Å². The maximum absolute atomic E-state index is 11.8. The molecule has 0 radical (unpaired) electrons. The Labute approximate surface area is 86.4 Å². The summed E-state index contributed by atoms with van der Waals surface area (Å²) in [6, 6.07) is 0.369. The van der Waals surface area contributed by atoms with Crippen LogP contribution in [0.4, 0.5) is 0 Å². The van der Waals surface area contributed by atoms with Crippen LogP contribution in [-0.2, 0) is 4.79 Å². The van der Waals surface area contributed by atoms with E-state index < -0.39 is 5.41 Å². The van der Waals surface area contributed by atoms with Crippen molar-refractivity contribution in [3.63, 3.8) is 0 Å². The Morgan fingerprint density at radius 1 is 1.50 bits per heavy atom. The summed E-state index contributed by atoms with van der Waals surface area (Å²) in [6.07, 6.45) is 3.58. The molecule has 2 atom stereocenters. The van der Waals surface area contributed by atoms with E-state index in [0.717, 1.165) is 6.42 Å². The molecule has 3 nitrogen and oxygen atoms in total. The second-order valence-corrected chi connectivity index (χ2v) is 5.08. The highest BCUT2D eigenvalue weighted by atomic mass is 16.2. The Kier molecular flexibility index (Phi) is 3.53. The molecular weight excluding hydrogens is 176 g/mol. The Balaban J connectivity index is 2.48. The number of amides is 1. The topological polar surface area (TPSA) is 55.1 Å². The minimum Gasteiger partial charge on any atom is -0.353 e. The van der Waals surface area contributed by atoms with Gasteiger partial charge in [0, 0.05) is 12.6 Å². The van der Waals surface area contributed by atoms with Crippen LogP contribution in [0.1, 0.15) is 40.0 Å². The average molecular weight is 198 g/mol. The van der Waals surface area contributed by atoms with Gasteiger partial charge in [-0.2, -0.15) is 0 Å². The largest absolute Gasteiger partial charge is 0.353 e. The third-order valence-electron chi connectivity index (χ3n) is 3.30. The number of hydrogen-bond donors (Lipinski definition) is 2. The lowest BCUT2D eigenvalue weighted by Gasteiger charge is -2.26. The normalized spacial score (nSPS) is 27.7. The van der Waals surface area contributed by atoms with Crippen molar-refractivity contribution in [1.82, 2.24) is 5.32 Å². The molecule has 0 aliphatic heterocycles. The van der Waals surface area contributed by atoms with Gasteiger partial charge in [0.05, 0.1) is 5.41 Å². The van der Waals surface area contributed by atoms with Gasteiger partial charge in [-0.15, -0.1) is 0 Å². The van der Waals surface area contributed by atoms with Gasteiger partial charge < -0.3 is 11.1 Å². The molecule has 2 unspecified atom stereocenters. The van der Waals surface area contributed by atoms with Crippen LogP contribution in [0.3, 0.4) is 0 Å². The second-order valence-electron chi connectivity index (χ2n) is 5.08. The van der Waals surface area contributed by atoms with E-state index in [0.29, 0.717) is 18.5 Å². The lowest BCUT2D eigenvalue weighted by atomic mass is 9.91. The van der Waals surface area contributed by atoms with E-state index in [9.17, 15) is 4.79 Å². The SMILES string of the molecule is CC1CCCC1NC(=O)C(C)(C)CN. The first-order valence-corrected chi connectivity index (χ1v) is 5.48. The maximum Gasteiger partial charge on any atom is 0.227 e. The van der Waals surface area contributed by atoms with E-state index in [-0.39, 0.29) is 5.91 Å². The zero-order valence-electron chi connectivity index (χ0n) is 9.47. The first-order chi connectivity index (χ1) is 6.47. The first kappa shape index (κ1) is 11.5. The smallest absolute Gasteiger partial charge is 0.227 e. The van der Waals surface area contributed by atoms with Crippen molar-refractivity contribution in [2.45, 2.75) is 46.1 Å². The van der Waals surface area contributed by atoms with Crippen LogP contribution in [0.2, 0.25) is 0 Å². The highest BCUT2D eigenvalue weighted by molar-refractivity contribution is 5.82. The van der Waals surface area contributed by atoms with Crippen molar-refractivity contribution >= 4 is 5.91 Å². The average Bonchev–Trinajstić information content (AvgIpc) is 2.52. The summed E-state index contributed by atoms with van der Waals surface area (Å²) in [5.74, 6) is 0.714. The second kappa shape index (κ2) is 4.30. The quantitative estimate of drug-likeness (QED) is 0.717. The summed E-state index contributed by atoms with van der Waals surface area (Å²) in [6.45, 7) is 6.39. The van der Waals surface area contributed by atoms with Crippen LogP contribution in [0.25, 0.3) is 0 Å². The summed E-state index contributed by atoms with van der Waals surface area (Å²) in [4.78, 5) is 11.8. The molecule has 0 aromatic carbocycles. The number of carbonyl (C=O) groups is 1. The van der Waals surface area contributed by atoms with Gasteiger partial charge in [-0.05, 0) is 32.6 Å². The highest BCUT2D eigenvalue weighted by Crippen LogP contribution is 2.26. The van der Waals surface area contributed by atoms with Crippen LogP contribution in [0.5, 0.6) is 0 Å². The first-order valence-electron chi connectivity index (χ1n) is 5.48. The molecule has 1 fully saturated rings. The fourth-order valence-corrected chi connectivity index (χ4v) is 1.82. The van der Waals surface area contributed by atoms with Crippen molar-refractivity contribution in [2.24, 2.45) is 17.1 Å². The van der Waals surface area contributed by atoms with Gasteiger partial charge in [0.2, 0.25) is 5.91 Å². The van der Waals surface area contributed by atoms with E-state index in [1.54, 1.807) is 0 Å². The predicted octanol–water partition coefficient (Wildman–Crippen LogP) is 1.28. The molecule has 0 heterocycles. The molecule has 1 amide bonds. The minimum absolute atomic E-state index is 0.0961. The molecule has 1 saturated carbocycles. The molecule has 0 saturated heterocycles. The number of nitrogens with one attached hydrogen (secondary N) is 1. The molecule has 82 valence electrons. The molecule has 1 rings (SSSR count). The Morgan fingerprint density at radius 2 is 2.14 bits per heavy atom. The Bertz CT molecular complexity index is 213. The van der Waals surface area contributed by atoms with Crippen molar-refractivity contribution in [2.75, 3.05) is 6.54 Å². The van der Waals surface area contributed by atoms with E-state index in [1.165, 1.54) is 12.8 Å². The van der Waals surface area contributed by atoms with Crippen LogP contribution in [0.15, 0.2) is 0 Å². The van der Waals surface area contributed by atoms with Crippen molar-refractivity contribution in [3.05, 3.63) is 0 Å². The summed E-state index contributed by atoms with van der Waals surface area (Å²) in [7, 11) is 0. The summed E-state index contributed by atoms with van der Waals surface area (Å²) in [5, 5.41) is 3.10. The zero-order valence-corrected chi connectivity index (χ0v) is 9.47. The maximum atomic E-state index is 11.8. The monoisotopic (exact) mass is 198 g/mol. The molecule has 0 bridgehead atoms. The standard InChI is InChI=1S/C11H22N2O/c1-8-5-4-6-9(8)13-10(14)11(2,3)7-12/h8-9H,4-7,12H2,1-3H3,(H,13,14). The molecular formula is C11H22N2O. The summed E-state index contributed by atoms with van der Waals surface area (Å²) >= 11 is 0. The van der Waals surface area contributed by atoms with Crippen LogP contribution >= 0.6 is 0 Å². The number of carbonyl (C=O) groups excluding carboxylic acids is 1.